The highest BCUT2D eigenvalue weighted by atomic mass is 19.4. The predicted molar refractivity (Wildman–Crippen MR) is 70.8 cm³/mol. The van der Waals surface area contributed by atoms with E-state index in [1.165, 1.54) is 6.20 Å². The molecule has 0 saturated heterocycles. The molecule has 1 aliphatic rings. The zero-order chi connectivity index (χ0) is 14.6. The zero-order valence-corrected chi connectivity index (χ0v) is 11.4. The smallest absolute Gasteiger partial charge is 0.393 e. The summed E-state index contributed by atoms with van der Waals surface area (Å²) >= 11 is 0. The topological polar surface area (TPSA) is 34.1 Å². The molecule has 20 heavy (non-hydrogen) atoms. The van der Waals surface area contributed by atoms with Gasteiger partial charge in [0.2, 0.25) is 5.88 Å². The molecule has 0 spiro atoms. The van der Waals surface area contributed by atoms with E-state index in [0.717, 1.165) is 6.42 Å². The number of anilines is 1. The Morgan fingerprint density at radius 1 is 1.30 bits per heavy atom. The minimum Gasteiger partial charge on any atom is -0.478 e. The molecule has 3 nitrogen and oxygen atoms in total. The molecule has 1 aromatic heterocycles. The number of pyridine rings is 1. The molecule has 112 valence electrons. The van der Waals surface area contributed by atoms with Crippen LogP contribution in [0.5, 0.6) is 5.88 Å². The molecule has 2 unspecified atom stereocenters. The van der Waals surface area contributed by atoms with Gasteiger partial charge in [-0.25, -0.2) is 4.98 Å². The molecule has 1 aliphatic carbocycles. The summed E-state index contributed by atoms with van der Waals surface area (Å²) in [5.41, 5.74) is 0.606. The van der Waals surface area contributed by atoms with Crippen molar-refractivity contribution >= 4 is 5.69 Å². The number of hydrogen-bond donors (Lipinski definition) is 1. The van der Waals surface area contributed by atoms with E-state index >= 15 is 0 Å². The number of ether oxygens (including phenoxy) is 1. The van der Waals surface area contributed by atoms with E-state index in [1.807, 2.05) is 6.92 Å². The fraction of sp³-hybridized carbons (Fsp3) is 0.643. The highest BCUT2D eigenvalue weighted by Crippen LogP contribution is 2.38. The Labute approximate surface area is 116 Å². The summed E-state index contributed by atoms with van der Waals surface area (Å²) in [5, 5.41) is 2.97. The highest BCUT2D eigenvalue weighted by Gasteiger charge is 2.45. The van der Waals surface area contributed by atoms with E-state index in [9.17, 15) is 13.2 Å². The van der Waals surface area contributed by atoms with Gasteiger partial charge in [0.15, 0.2) is 0 Å². The normalized spacial score (nSPS) is 23.4. The zero-order valence-electron chi connectivity index (χ0n) is 11.4. The van der Waals surface area contributed by atoms with Crippen molar-refractivity contribution in [1.29, 1.82) is 0 Å². The molecule has 1 heterocycles. The number of hydrogen-bond acceptors (Lipinski definition) is 3. The van der Waals surface area contributed by atoms with E-state index in [2.05, 4.69) is 10.3 Å². The van der Waals surface area contributed by atoms with Crippen molar-refractivity contribution in [2.24, 2.45) is 5.92 Å². The van der Waals surface area contributed by atoms with Crippen LogP contribution >= 0.6 is 0 Å². The molecular weight excluding hydrogens is 269 g/mol. The number of aromatic nitrogens is 1. The number of rotatable bonds is 4. The minimum atomic E-state index is -4.14. The van der Waals surface area contributed by atoms with E-state index < -0.39 is 18.1 Å². The summed E-state index contributed by atoms with van der Waals surface area (Å²) < 4.78 is 44.2. The lowest BCUT2D eigenvalue weighted by atomic mass is 9.84. The van der Waals surface area contributed by atoms with Gasteiger partial charge in [0.25, 0.3) is 0 Å². The Morgan fingerprint density at radius 3 is 2.65 bits per heavy atom. The Balaban J connectivity index is 2.03. The summed E-state index contributed by atoms with van der Waals surface area (Å²) in [7, 11) is 0. The third-order valence-electron chi connectivity index (χ3n) is 3.57. The van der Waals surface area contributed by atoms with Crippen LogP contribution in [-0.2, 0) is 0 Å². The molecule has 0 amide bonds. The quantitative estimate of drug-likeness (QED) is 0.909. The Hall–Kier alpha value is -1.46. The number of halogens is 3. The molecule has 0 aliphatic heterocycles. The first-order chi connectivity index (χ1) is 9.50. The van der Waals surface area contributed by atoms with Gasteiger partial charge in [-0.1, -0.05) is 12.8 Å². The lowest BCUT2D eigenvalue weighted by molar-refractivity contribution is -0.184. The van der Waals surface area contributed by atoms with Crippen LogP contribution in [0.25, 0.3) is 0 Å². The average Bonchev–Trinajstić information content (AvgIpc) is 2.41. The molecule has 1 saturated carbocycles. The minimum absolute atomic E-state index is 0.200. The Bertz CT molecular complexity index is 419. The summed E-state index contributed by atoms with van der Waals surface area (Å²) in [6.45, 7) is 2.36. The first-order valence-electron chi connectivity index (χ1n) is 6.93. The van der Waals surface area contributed by atoms with Gasteiger partial charge in [0, 0.05) is 12.1 Å². The van der Waals surface area contributed by atoms with E-state index in [0.29, 0.717) is 31.0 Å². The molecular formula is C14H19F3N2O. The third-order valence-corrected chi connectivity index (χ3v) is 3.57. The van der Waals surface area contributed by atoms with Gasteiger partial charge in [-0.05, 0) is 25.8 Å². The van der Waals surface area contributed by atoms with Crippen LogP contribution in [0.2, 0.25) is 0 Å². The van der Waals surface area contributed by atoms with Crippen LogP contribution in [0, 0.1) is 5.92 Å². The Morgan fingerprint density at radius 2 is 2.05 bits per heavy atom. The van der Waals surface area contributed by atoms with Gasteiger partial charge >= 0.3 is 6.18 Å². The fourth-order valence-corrected chi connectivity index (χ4v) is 2.61. The molecule has 2 atom stereocenters. The van der Waals surface area contributed by atoms with Gasteiger partial charge in [-0.15, -0.1) is 0 Å². The van der Waals surface area contributed by atoms with Crippen molar-refractivity contribution in [3.63, 3.8) is 0 Å². The van der Waals surface area contributed by atoms with Crippen LogP contribution in [0.1, 0.15) is 32.6 Å². The molecule has 1 fully saturated rings. The van der Waals surface area contributed by atoms with Crippen molar-refractivity contribution in [2.75, 3.05) is 11.9 Å². The molecule has 6 heteroatoms. The molecule has 1 N–H and O–H groups in total. The van der Waals surface area contributed by atoms with Crippen LogP contribution in [-0.4, -0.2) is 23.8 Å². The van der Waals surface area contributed by atoms with E-state index in [-0.39, 0.29) is 6.42 Å². The lowest BCUT2D eigenvalue weighted by Crippen LogP contribution is -2.41. The van der Waals surface area contributed by atoms with E-state index in [4.69, 9.17) is 4.74 Å². The van der Waals surface area contributed by atoms with E-state index in [1.54, 1.807) is 12.1 Å². The Kier molecular flexibility index (Phi) is 4.73. The molecule has 2 rings (SSSR count). The average molecular weight is 288 g/mol. The van der Waals surface area contributed by atoms with Crippen LogP contribution in [0.4, 0.5) is 18.9 Å². The fourth-order valence-electron chi connectivity index (χ4n) is 2.61. The second kappa shape index (κ2) is 6.33. The molecule has 0 bridgehead atoms. The van der Waals surface area contributed by atoms with Crippen molar-refractivity contribution < 1.29 is 17.9 Å². The maximum absolute atomic E-state index is 13.0. The van der Waals surface area contributed by atoms with Crippen LogP contribution in [0.3, 0.4) is 0 Å². The first kappa shape index (κ1) is 14.9. The number of alkyl halides is 3. The van der Waals surface area contributed by atoms with Crippen molar-refractivity contribution in [2.45, 2.75) is 44.8 Å². The molecule has 0 aromatic carbocycles. The second-order valence-electron chi connectivity index (χ2n) is 5.00. The van der Waals surface area contributed by atoms with Gasteiger partial charge in [-0.3, -0.25) is 0 Å². The number of nitrogens with zero attached hydrogens (tertiary/aromatic N) is 1. The summed E-state index contributed by atoms with van der Waals surface area (Å²) in [4.78, 5) is 4.06. The SMILES string of the molecule is CCOc1ccc(NC2CCCCC2C(F)(F)F)cn1. The monoisotopic (exact) mass is 288 g/mol. The van der Waals surface area contributed by atoms with Crippen LogP contribution < -0.4 is 10.1 Å². The van der Waals surface area contributed by atoms with Gasteiger partial charge in [-0.2, -0.15) is 13.2 Å². The third kappa shape index (κ3) is 3.77. The first-order valence-corrected chi connectivity index (χ1v) is 6.93. The summed E-state index contributed by atoms with van der Waals surface area (Å²) in [6, 6.07) is 2.81. The maximum Gasteiger partial charge on any atom is 0.393 e. The largest absolute Gasteiger partial charge is 0.478 e. The summed E-state index contributed by atoms with van der Waals surface area (Å²) in [6.07, 6.45) is -0.411. The number of nitrogens with one attached hydrogen (secondary N) is 1. The van der Waals surface area contributed by atoms with Gasteiger partial charge < -0.3 is 10.1 Å². The predicted octanol–water partition coefficient (Wildman–Crippen LogP) is 4.01. The van der Waals surface area contributed by atoms with Crippen molar-refractivity contribution in [3.05, 3.63) is 18.3 Å². The van der Waals surface area contributed by atoms with Crippen molar-refractivity contribution in [3.8, 4) is 5.88 Å². The highest BCUT2D eigenvalue weighted by molar-refractivity contribution is 5.43. The molecule has 0 radical (unpaired) electrons. The van der Waals surface area contributed by atoms with Gasteiger partial charge in [0.05, 0.1) is 24.4 Å². The molecule has 1 aromatic rings. The maximum atomic E-state index is 13.0. The summed E-state index contributed by atoms with van der Waals surface area (Å²) in [5.74, 6) is -0.795. The lowest BCUT2D eigenvalue weighted by Gasteiger charge is -2.34. The standard InChI is InChI=1S/C14H19F3N2O/c1-2-20-13-8-7-10(9-18-13)19-12-6-4-3-5-11(12)14(15,16)17/h7-9,11-12,19H,2-6H2,1H3. The van der Waals surface area contributed by atoms with Crippen LogP contribution in [0.15, 0.2) is 18.3 Å². The second-order valence-corrected chi connectivity index (χ2v) is 5.00. The van der Waals surface area contributed by atoms with Gasteiger partial charge in [0.1, 0.15) is 0 Å². The van der Waals surface area contributed by atoms with Crippen molar-refractivity contribution in [1.82, 2.24) is 4.98 Å².